The van der Waals surface area contributed by atoms with Crippen molar-refractivity contribution < 1.29 is 18.7 Å². The molecule has 7 N–H and O–H groups in total. The SMILES string of the molecule is CC(=N)c1nc(-c2cc(OCC(Cc3c[nH]c4ccccc34)NC(=O)OC(C)(C)C)c(N)nc2-c2ccoc2C)cnc1N. The largest absolute Gasteiger partial charge is 0.488 e. The molecule has 12 heteroatoms. The van der Waals surface area contributed by atoms with Crippen LogP contribution in [0.3, 0.4) is 0 Å². The summed E-state index contributed by atoms with van der Waals surface area (Å²) in [7, 11) is 0. The number of hydrogen-bond donors (Lipinski definition) is 5. The number of hydrogen-bond acceptors (Lipinski definition) is 10. The van der Waals surface area contributed by atoms with Crippen LogP contribution in [0.15, 0.2) is 59.5 Å². The second-order valence-electron chi connectivity index (χ2n) is 11.5. The Morgan fingerprint density at radius 3 is 2.61 bits per heavy atom. The molecule has 0 spiro atoms. The number of H-pyrrole nitrogens is 1. The van der Waals surface area contributed by atoms with Crippen molar-refractivity contribution in [1.82, 2.24) is 25.3 Å². The minimum absolute atomic E-state index is 0.0619. The Morgan fingerprint density at radius 2 is 1.91 bits per heavy atom. The van der Waals surface area contributed by atoms with E-state index in [1.54, 1.807) is 46.1 Å². The van der Waals surface area contributed by atoms with Gasteiger partial charge in [-0.25, -0.2) is 19.7 Å². The molecule has 44 heavy (non-hydrogen) atoms. The minimum atomic E-state index is -0.672. The molecule has 1 amide bonds. The quantitative estimate of drug-likeness (QED) is 0.134. The first-order chi connectivity index (χ1) is 20.9. The van der Waals surface area contributed by atoms with Crippen LogP contribution in [0, 0.1) is 12.3 Å². The molecule has 1 aromatic carbocycles. The molecule has 4 aromatic heterocycles. The van der Waals surface area contributed by atoms with Crippen LogP contribution >= 0.6 is 0 Å². The number of nitrogens with zero attached hydrogens (tertiary/aromatic N) is 3. The van der Waals surface area contributed by atoms with Crippen molar-refractivity contribution in [3.63, 3.8) is 0 Å². The number of alkyl carbamates (subject to hydrolysis) is 1. The summed E-state index contributed by atoms with van der Waals surface area (Å²) in [4.78, 5) is 29.6. The summed E-state index contributed by atoms with van der Waals surface area (Å²) < 4.78 is 17.3. The summed E-state index contributed by atoms with van der Waals surface area (Å²) >= 11 is 0. The summed E-state index contributed by atoms with van der Waals surface area (Å²) in [5, 5.41) is 12.1. The molecule has 0 saturated heterocycles. The maximum Gasteiger partial charge on any atom is 0.408 e. The van der Waals surface area contributed by atoms with Gasteiger partial charge in [-0.1, -0.05) is 18.2 Å². The molecule has 4 heterocycles. The lowest BCUT2D eigenvalue weighted by atomic mass is 10.0. The van der Waals surface area contributed by atoms with Crippen molar-refractivity contribution in [3.05, 3.63) is 72.1 Å². The average molecular weight is 597 g/mol. The number of furan rings is 1. The van der Waals surface area contributed by atoms with Gasteiger partial charge >= 0.3 is 6.09 Å². The molecule has 1 atom stereocenters. The van der Waals surface area contributed by atoms with Crippen molar-refractivity contribution in [2.24, 2.45) is 0 Å². The van der Waals surface area contributed by atoms with E-state index in [0.29, 0.717) is 34.7 Å². The number of ether oxygens (including phenoxy) is 2. The van der Waals surface area contributed by atoms with Crippen LogP contribution < -0.4 is 21.5 Å². The predicted octanol–water partition coefficient (Wildman–Crippen LogP) is 5.66. The Balaban J connectivity index is 1.50. The van der Waals surface area contributed by atoms with Crippen molar-refractivity contribution in [3.8, 4) is 28.3 Å². The standard InChI is InChI=1S/C32H36N8O4/c1-17(33)27-30(35)37-15-25(39-27)23-13-26(29(34)40-28(23)21-10-11-42-18(21)2)43-16-20(38-31(41)44-32(3,4)5)12-19-14-36-24-9-7-6-8-22(19)24/h6-11,13-15,20,33,36H,12,16H2,1-5H3,(H2,34,40)(H2,35,37)(H,38,41). The third-order valence-electron chi connectivity index (χ3n) is 6.86. The molecule has 0 saturated carbocycles. The summed E-state index contributed by atoms with van der Waals surface area (Å²) in [6, 6.07) is 11.0. The lowest BCUT2D eigenvalue weighted by molar-refractivity contribution is 0.0488. The molecule has 0 radical (unpaired) electrons. The zero-order valence-corrected chi connectivity index (χ0v) is 25.3. The molecule has 5 rings (SSSR count). The van der Waals surface area contributed by atoms with Gasteiger partial charge in [0, 0.05) is 28.2 Å². The smallest absolute Gasteiger partial charge is 0.408 e. The highest BCUT2D eigenvalue weighted by molar-refractivity contribution is 5.99. The predicted molar refractivity (Wildman–Crippen MR) is 170 cm³/mol. The highest BCUT2D eigenvalue weighted by Crippen LogP contribution is 2.37. The van der Waals surface area contributed by atoms with Gasteiger partial charge < -0.3 is 41.1 Å². The Hall–Kier alpha value is -5.39. The number of carbonyl (C=O) groups excluding carboxylic acids is 1. The number of anilines is 2. The van der Waals surface area contributed by atoms with Crippen molar-refractivity contribution >= 4 is 34.3 Å². The molecule has 0 aliphatic rings. The van der Waals surface area contributed by atoms with Gasteiger partial charge in [0.1, 0.15) is 23.7 Å². The normalized spacial score (nSPS) is 12.2. The maximum atomic E-state index is 12.8. The fraction of sp³-hybridized carbons (Fsp3) is 0.281. The molecular formula is C32H36N8O4. The Labute approximate surface area is 254 Å². The summed E-state index contributed by atoms with van der Waals surface area (Å²) in [5.74, 6) is 1.21. The van der Waals surface area contributed by atoms with E-state index < -0.39 is 17.7 Å². The third-order valence-corrected chi connectivity index (χ3v) is 6.86. The summed E-state index contributed by atoms with van der Waals surface area (Å²) in [6.45, 7) is 8.89. The number of aryl methyl sites for hydroxylation is 1. The molecule has 228 valence electrons. The molecule has 5 aromatic rings. The topological polar surface area (TPSA) is 191 Å². The minimum Gasteiger partial charge on any atom is -0.488 e. The number of carbonyl (C=O) groups is 1. The first-order valence-corrected chi connectivity index (χ1v) is 14.1. The van der Waals surface area contributed by atoms with Crippen LogP contribution in [0.25, 0.3) is 33.4 Å². The van der Waals surface area contributed by atoms with E-state index >= 15 is 0 Å². The highest BCUT2D eigenvalue weighted by atomic mass is 16.6. The molecule has 0 fully saturated rings. The second-order valence-corrected chi connectivity index (χ2v) is 11.5. The summed E-state index contributed by atoms with van der Waals surface area (Å²) in [5.41, 5.74) is 16.4. The molecule has 12 nitrogen and oxygen atoms in total. The van der Waals surface area contributed by atoms with Crippen molar-refractivity contribution in [2.45, 2.75) is 52.7 Å². The number of pyridine rings is 1. The number of nitrogens with one attached hydrogen (secondary N) is 3. The molecule has 0 aliphatic heterocycles. The van der Waals surface area contributed by atoms with Crippen molar-refractivity contribution in [2.75, 3.05) is 18.1 Å². The molecule has 0 aliphatic carbocycles. The molecule has 1 unspecified atom stereocenters. The number of nitrogen functional groups attached to an aromatic ring is 2. The van der Waals surface area contributed by atoms with Gasteiger partial charge in [-0.2, -0.15) is 0 Å². The van der Waals surface area contributed by atoms with E-state index in [2.05, 4.69) is 25.3 Å². The van der Waals surface area contributed by atoms with Crippen LogP contribution in [0.4, 0.5) is 16.4 Å². The second kappa shape index (κ2) is 12.1. The van der Waals surface area contributed by atoms with Crippen LogP contribution in [0.5, 0.6) is 5.75 Å². The number of nitrogens with two attached hydrogens (primary N) is 2. The number of rotatable bonds is 9. The van der Waals surface area contributed by atoms with Gasteiger partial charge in [0.05, 0.1) is 35.6 Å². The monoisotopic (exact) mass is 596 g/mol. The van der Waals surface area contributed by atoms with Crippen molar-refractivity contribution in [1.29, 1.82) is 5.41 Å². The first kappa shape index (κ1) is 30.1. The number of aromatic amines is 1. The van der Waals surface area contributed by atoms with E-state index in [1.807, 2.05) is 37.4 Å². The number of amides is 1. The van der Waals surface area contributed by atoms with E-state index in [0.717, 1.165) is 16.5 Å². The van der Waals surface area contributed by atoms with Gasteiger partial charge in [-0.3, -0.25) is 0 Å². The Kier molecular flexibility index (Phi) is 8.26. The Bertz CT molecular complexity index is 1840. The third kappa shape index (κ3) is 6.64. The summed E-state index contributed by atoms with van der Waals surface area (Å²) in [6.07, 6.45) is 4.90. The van der Waals surface area contributed by atoms with Gasteiger partial charge in [0.25, 0.3) is 0 Å². The van der Waals surface area contributed by atoms with Gasteiger partial charge in [0.2, 0.25) is 0 Å². The fourth-order valence-corrected chi connectivity index (χ4v) is 4.84. The van der Waals surface area contributed by atoms with E-state index in [1.165, 1.54) is 6.20 Å². The van der Waals surface area contributed by atoms with Gasteiger partial charge in [-0.05, 0) is 64.8 Å². The fourth-order valence-electron chi connectivity index (χ4n) is 4.84. The number of aromatic nitrogens is 4. The van der Waals surface area contributed by atoms with E-state index in [-0.39, 0.29) is 35.4 Å². The number of fused-ring (bicyclic) bond motifs is 1. The number of para-hydroxylation sites is 1. The van der Waals surface area contributed by atoms with Crippen LogP contribution in [0.1, 0.15) is 44.7 Å². The lowest BCUT2D eigenvalue weighted by Gasteiger charge is -2.24. The van der Waals surface area contributed by atoms with Crippen LogP contribution in [-0.4, -0.2) is 50.0 Å². The molecule has 0 bridgehead atoms. The van der Waals surface area contributed by atoms with E-state index in [4.69, 9.17) is 30.8 Å². The first-order valence-electron chi connectivity index (χ1n) is 14.1. The van der Waals surface area contributed by atoms with Gasteiger partial charge in [-0.15, -0.1) is 0 Å². The van der Waals surface area contributed by atoms with Gasteiger partial charge in [0.15, 0.2) is 17.4 Å². The zero-order chi connectivity index (χ0) is 31.6. The highest BCUT2D eigenvalue weighted by Gasteiger charge is 2.24. The lowest BCUT2D eigenvalue weighted by Crippen LogP contribution is -2.43. The average Bonchev–Trinajstić information content (AvgIpc) is 3.57. The Morgan fingerprint density at radius 1 is 1.14 bits per heavy atom. The molecular weight excluding hydrogens is 560 g/mol. The number of benzene rings is 1. The van der Waals surface area contributed by atoms with Crippen LogP contribution in [0.2, 0.25) is 0 Å². The van der Waals surface area contributed by atoms with E-state index in [9.17, 15) is 4.79 Å². The van der Waals surface area contributed by atoms with Crippen LogP contribution in [-0.2, 0) is 11.2 Å². The maximum absolute atomic E-state index is 12.8. The zero-order valence-electron chi connectivity index (χ0n) is 25.3.